The summed E-state index contributed by atoms with van der Waals surface area (Å²) in [6.07, 6.45) is 56.7. The molecule has 0 radical (unpaired) electrons. The van der Waals surface area contributed by atoms with E-state index in [1.54, 1.807) is 0 Å². The monoisotopic (exact) mass is 905 g/mol. The average Bonchev–Trinajstić information content (AvgIpc) is 3.29. The van der Waals surface area contributed by atoms with Gasteiger partial charge in [-0.2, -0.15) is 0 Å². The highest BCUT2D eigenvalue weighted by Gasteiger charge is 2.19. The number of unbranched alkanes of at least 4 members (excludes halogenated alkanes) is 39. The lowest BCUT2D eigenvalue weighted by Gasteiger charge is -2.18. The molecule has 2 atom stereocenters. The molecule has 0 aromatic carbocycles. The Labute approximate surface area is 399 Å². The molecule has 0 rings (SSSR count). The van der Waals surface area contributed by atoms with Crippen molar-refractivity contribution in [3.05, 3.63) is 0 Å². The third-order valence-electron chi connectivity index (χ3n) is 13.7. The number of carbonyl (C=O) groups is 3. The predicted octanol–water partition coefficient (Wildman–Crippen LogP) is 19.0. The molecule has 0 aromatic rings. The maximum Gasteiger partial charge on any atom is 0.306 e. The maximum absolute atomic E-state index is 12.8. The Morgan fingerprint density at radius 3 is 0.812 bits per heavy atom. The van der Waals surface area contributed by atoms with E-state index in [1.807, 2.05) is 0 Å². The van der Waals surface area contributed by atoms with Gasteiger partial charge in [-0.25, -0.2) is 0 Å². The number of esters is 3. The van der Waals surface area contributed by atoms with Gasteiger partial charge in [0.15, 0.2) is 6.10 Å². The lowest BCUT2D eigenvalue weighted by molar-refractivity contribution is -0.167. The molecule has 0 saturated carbocycles. The van der Waals surface area contributed by atoms with Gasteiger partial charge in [-0.1, -0.05) is 291 Å². The largest absolute Gasteiger partial charge is 0.462 e. The van der Waals surface area contributed by atoms with Crippen LogP contribution in [0.25, 0.3) is 0 Å². The maximum atomic E-state index is 12.8. The Morgan fingerprint density at radius 1 is 0.312 bits per heavy atom. The minimum absolute atomic E-state index is 0.0620. The van der Waals surface area contributed by atoms with E-state index in [2.05, 4.69) is 27.7 Å². The van der Waals surface area contributed by atoms with E-state index in [0.29, 0.717) is 19.3 Å². The zero-order valence-corrected chi connectivity index (χ0v) is 43.8. The first-order chi connectivity index (χ1) is 31.4. The Bertz CT molecular complexity index is 966. The Hall–Kier alpha value is -1.59. The van der Waals surface area contributed by atoms with Crippen molar-refractivity contribution in [3.8, 4) is 0 Å². The number of hydrogen-bond acceptors (Lipinski definition) is 6. The van der Waals surface area contributed by atoms with Gasteiger partial charge < -0.3 is 14.2 Å². The Balaban J connectivity index is 4.18. The van der Waals surface area contributed by atoms with Crippen LogP contribution in [0, 0.1) is 5.92 Å². The molecule has 0 fully saturated rings. The van der Waals surface area contributed by atoms with Crippen molar-refractivity contribution in [1.82, 2.24) is 0 Å². The number of carbonyl (C=O) groups excluding carboxylic acids is 3. The lowest BCUT2D eigenvalue weighted by atomic mass is 9.99. The van der Waals surface area contributed by atoms with Crippen molar-refractivity contribution in [2.45, 2.75) is 336 Å². The van der Waals surface area contributed by atoms with E-state index in [-0.39, 0.29) is 31.1 Å². The van der Waals surface area contributed by atoms with Crippen LogP contribution in [0.2, 0.25) is 0 Å². The molecule has 0 aliphatic rings. The van der Waals surface area contributed by atoms with Crippen LogP contribution in [-0.4, -0.2) is 37.2 Å². The van der Waals surface area contributed by atoms with Crippen molar-refractivity contribution in [2.24, 2.45) is 5.92 Å². The highest BCUT2D eigenvalue weighted by atomic mass is 16.6. The van der Waals surface area contributed by atoms with E-state index in [4.69, 9.17) is 14.2 Å². The highest BCUT2D eigenvalue weighted by molar-refractivity contribution is 5.71. The molecule has 0 spiro atoms. The fourth-order valence-electron chi connectivity index (χ4n) is 8.89. The summed E-state index contributed by atoms with van der Waals surface area (Å²) in [7, 11) is 0. The summed E-state index contributed by atoms with van der Waals surface area (Å²) in [5.74, 6) is 0.0699. The summed E-state index contributed by atoms with van der Waals surface area (Å²) in [6.45, 7) is 9.09. The molecule has 0 aliphatic heterocycles. The molecule has 6 heteroatoms. The first kappa shape index (κ1) is 62.4. The minimum Gasteiger partial charge on any atom is -0.462 e. The lowest BCUT2D eigenvalue weighted by Crippen LogP contribution is -2.30. The second kappa shape index (κ2) is 52.4. The molecule has 0 bridgehead atoms. The van der Waals surface area contributed by atoms with Gasteiger partial charge in [-0.05, 0) is 25.2 Å². The summed E-state index contributed by atoms with van der Waals surface area (Å²) in [5, 5.41) is 0. The molecule has 0 aliphatic carbocycles. The summed E-state index contributed by atoms with van der Waals surface area (Å²) < 4.78 is 16.8. The van der Waals surface area contributed by atoms with Crippen molar-refractivity contribution in [1.29, 1.82) is 0 Å². The van der Waals surface area contributed by atoms with Crippen molar-refractivity contribution in [2.75, 3.05) is 13.2 Å². The molecule has 0 N–H and O–H groups in total. The van der Waals surface area contributed by atoms with Crippen LogP contribution in [0.4, 0.5) is 0 Å². The van der Waals surface area contributed by atoms with Crippen molar-refractivity contribution >= 4 is 17.9 Å². The average molecular weight is 906 g/mol. The second-order valence-corrected chi connectivity index (χ2v) is 20.2. The standard InChI is InChI=1S/C58H112O6/c1-5-8-10-12-14-16-17-18-23-27-30-34-38-42-46-50-57(60)63-53-55(52-62-56(59)49-45-41-37-32-15-13-11-9-6-2)64-58(61)51-47-43-39-35-31-28-25-22-20-19-21-24-26-29-33-36-40-44-48-54(4)7-3/h54-55H,5-53H2,1-4H3/t54?,55-/m0/s1. The van der Waals surface area contributed by atoms with Crippen LogP contribution in [-0.2, 0) is 28.6 Å². The van der Waals surface area contributed by atoms with E-state index in [0.717, 1.165) is 63.7 Å². The molecule has 0 heterocycles. The quantitative estimate of drug-likeness (QED) is 0.0344. The zero-order valence-electron chi connectivity index (χ0n) is 43.8. The summed E-state index contributed by atoms with van der Waals surface area (Å²) in [6, 6.07) is 0. The van der Waals surface area contributed by atoms with E-state index in [9.17, 15) is 14.4 Å². The van der Waals surface area contributed by atoms with Gasteiger partial charge in [0.2, 0.25) is 0 Å². The third kappa shape index (κ3) is 49.8. The summed E-state index contributed by atoms with van der Waals surface area (Å²) in [5.41, 5.74) is 0. The highest BCUT2D eigenvalue weighted by Crippen LogP contribution is 2.18. The van der Waals surface area contributed by atoms with Crippen molar-refractivity contribution in [3.63, 3.8) is 0 Å². The fraction of sp³-hybridized carbons (Fsp3) is 0.948. The Kier molecular flexibility index (Phi) is 51.1. The topological polar surface area (TPSA) is 78.9 Å². The number of hydrogen-bond donors (Lipinski definition) is 0. The van der Waals surface area contributed by atoms with Crippen LogP contribution in [0.3, 0.4) is 0 Å². The van der Waals surface area contributed by atoms with Crippen LogP contribution in [0.1, 0.15) is 329 Å². The number of ether oxygens (including phenoxy) is 3. The first-order valence-corrected chi connectivity index (χ1v) is 28.9. The third-order valence-corrected chi connectivity index (χ3v) is 13.7. The minimum atomic E-state index is -0.761. The second-order valence-electron chi connectivity index (χ2n) is 20.2. The van der Waals surface area contributed by atoms with Crippen LogP contribution >= 0.6 is 0 Å². The summed E-state index contributed by atoms with van der Waals surface area (Å²) >= 11 is 0. The van der Waals surface area contributed by atoms with Gasteiger partial charge in [0, 0.05) is 19.3 Å². The molecular formula is C58H112O6. The molecular weight excluding hydrogens is 793 g/mol. The smallest absolute Gasteiger partial charge is 0.306 e. The van der Waals surface area contributed by atoms with Crippen LogP contribution in [0.5, 0.6) is 0 Å². The van der Waals surface area contributed by atoms with Crippen molar-refractivity contribution < 1.29 is 28.6 Å². The van der Waals surface area contributed by atoms with Gasteiger partial charge in [0.25, 0.3) is 0 Å². The molecule has 64 heavy (non-hydrogen) atoms. The van der Waals surface area contributed by atoms with Crippen LogP contribution < -0.4 is 0 Å². The van der Waals surface area contributed by atoms with Gasteiger partial charge in [-0.15, -0.1) is 0 Å². The van der Waals surface area contributed by atoms with Gasteiger partial charge >= 0.3 is 17.9 Å². The van der Waals surface area contributed by atoms with E-state index < -0.39 is 6.10 Å². The van der Waals surface area contributed by atoms with E-state index in [1.165, 1.54) is 225 Å². The fourth-order valence-corrected chi connectivity index (χ4v) is 8.89. The molecule has 6 nitrogen and oxygen atoms in total. The summed E-state index contributed by atoms with van der Waals surface area (Å²) in [4.78, 5) is 38.0. The van der Waals surface area contributed by atoms with Crippen LogP contribution in [0.15, 0.2) is 0 Å². The van der Waals surface area contributed by atoms with Gasteiger partial charge in [-0.3, -0.25) is 14.4 Å². The molecule has 1 unspecified atom stereocenters. The first-order valence-electron chi connectivity index (χ1n) is 28.9. The molecule has 0 aromatic heterocycles. The SMILES string of the molecule is CCCCCCCCCCCCCCCCCC(=O)OC[C@H](COC(=O)CCCCCCCCCCC)OC(=O)CCCCCCCCCCCCCCCCCCCCC(C)CC. The Morgan fingerprint density at radius 2 is 0.547 bits per heavy atom. The normalized spacial score (nSPS) is 12.4. The van der Waals surface area contributed by atoms with E-state index >= 15 is 0 Å². The van der Waals surface area contributed by atoms with Gasteiger partial charge in [0.1, 0.15) is 13.2 Å². The zero-order chi connectivity index (χ0) is 46.7. The predicted molar refractivity (Wildman–Crippen MR) is 275 cm³/mol. The molecule has 380 valence electrons. The molecule has 0 saturated heterocycles. The van der Waals surface area contributed by atoms with Gasteiger partial charge in [0.05, 0.1) is 0 Å². The number of rotatable bonds is 53. The molecule has 0 amide bonds.